The summed E-state index contributed by atoms with van der Waals surface area (Å²) in [5.41, 5.74) is -0.846. The summed E-state index contributed by atoms with van der Waals surface area (Å²) in [5, 5.41) is 9.22. The van der Waals surface area contributed by atoms with Gasteiger partial charge in [-0.25, -0.2) is 0 Å². The molecule has 0 aliphatic rings. The highest BCUT2D eigenvalue weighted by molar-refractivity contribution is 5.83. The molecule has 2 N–H and O–H groups in total. The zero-order chi connectivity index (χ0) is 18.6. The van der Waals surface area contributed by atoms with Gasteiger partial charge in [-0.1, -0.05) is 18.2 Å². The number of hydrogen-bond donors (Lipinski definition) is 2. The van der Waals surface area contributed by atoms with Crippen LogP contribution in [0.15, 0.2) is 30.5 Å². The molecule has 11 heteroatoms. The first-order valence-corrected chi connectivity index (χ1v) is 6.19. The lowest BCUT2D eigenvalue weighted by molar-refractivity contribution is -0.406. The van der Waals surface area contributed by atoms with Gasteiger partial charge in [0.2, 0.25) is 0 Å². The molecule has 1 aromatic carbocycles. The van der Waals surface area contributed by atoms with Gasteiger partial charge in [0.1, 0.15) is 0 Å². The molecule has 0 aliphatic carbocycles. The van der Waals surface area contributed by atoms with Gasteiger partial charge in [-0.15, -0.1) is 0 Å². The van der Waals surface area contributed by atoms with E-state index in [0.717, 1.165) is 6.07 Å². The Balaban J connectivity index is 2.52. The number of fused-ring (bicyclic) bond motifs is 1. The zero-order valence-corrected chi connectivity index (χ0v) is 11.3. The van der Waals surface area contributed by atoms with Crippen molar-refractivity contribution < 1.29 is 44.6 Å². The van der Waals surface area contributed by atoms with E-state index in [9.17, 15) is 44.6 Å². The first-order chi connectivity index (χ1) is 10.7. The van der Waals surface area contributed by atoms with Gasteiger partial charge in [0.15, 0.2) is 6.10 Å². The SMILES string of the molecule is OC(c1c[nH]c2ccccc12)C(F)(F)C(F)(F)C(F)(F)C(F)(F)F. The predicted molar refractivity (Wildman–Crippen MR) is 64.2 cm³/mol. The van der Waals surface area contributed by atoms with Crippen LogP contribution in [0, 0.1) is 0 Å². The second kappa shape index (κ2) is 5.30. The number of aromatic nitrogens is 1. The third-order valence-corrected chi connectivity index (χ3v) is 3.43. The lowest BCUT2D eigenvalue weighted by atomic mass is 9.94. The molecule has 2 rings (SSSR count). The molecular formula is C13H8F9NO. The standard InChI is InChI=1S/C13H8F9NO/c14-10(15,11(16,17)12(18,19)13(20,21)22)9(24)7-5-23-8-4-2-1-3-6(7)8/h1-5,9,23-24H. The number of aromatic amines is 1. The maximum atomic E-state index is 13.7. The molecule has 1 unspecified atom stereocenters. The molecule has 1 aromatic heterocycles. The molecule has 0 aliphatic heterocycles. The third kappa shape index (κ3) is 2.41. The summed E-state index contributed by atoms with van der Waals surface area (Å²) >= 11 is 0. The Labute approximate surface area is 127 Å². The average molecular weight is 365 g/mol. The minimum absolute atomic E-state index is 0.0910. The number of halogens is 9. The molecule has 0 amide bonds. The van der Waals surface area contributed by atoms with E-state index in [4.69, 9.17) is 0 Å². The van der Waals surface area contributed by atoms with E-state index >= 15 is 0 Å². The summed E-state index contributed by atoms with van der Waals surface area (Å²) in [6.45, 7) is 0. The Hall–Kier alpha value is -1.91. The first kappa shape index (κ1) is 18.4. The van der Waals surface area contributed by atoms with Crippen LogP contribution < -0.4 is 0 Å². The van der Waals surface area contributed by atoms with Crippen molar-refractivity contribution in [3.63, 3.8) is 0 Å². The van der Waals surface area contributed by atoms with Gasteiger partial charge in [0, 0.05) is 22.7 Å². The van der Waals surface area contributed by atoms with Crippen molar-refractivity contribution in [3.05, 3.63) is 36.0 Å². The zero-order valence-electron chi connectivity index (χ0n) is 11.3. The highest BCUT2D eigenvalue weighted by Gasteiger charge is 2.83. The molecule has 1 heterocycles. The van der Waals surface area contributed by atoms with Crippen LogP contribution in [0.3, 0.4) is 0 Å². The lowest BCUT2D eigenvalue weighted by Crippen LogP contribution is -2.62. The minimum Gasteiger partial charge on any atom is -0.382 e. The van der Waals surface area contributed by atoms with Crippen LogP contribution in [0.4, 0.5) is 39.5 Å². The molecule has 134 valence electrons. The van der Waals surface area contributed by atoms with E-state index in [-0.39, 0.29) is 10.9 Å². The van der Waals surface area contributed by atoms with E-state index < -0.39 is 35.6 Å². The maximum absolute atomic E-state index is 13.7. The van der Waals surface area contributed by atoms with E-state index in [1.54, 1.807) is 0 Å². The summed E-state index contributed by atoms with van der Waals surface area (Å²) in [6.07, 6.45) is -9.90. The van der Waals surface area contributed by atoms with Crippen LogP contribution in [0.1, 0.15) is 11.7 Å². The fraction of sp³-hybridized carbons (Fsp3) is 0.385. The summed E-state index contributed by atoms with van der Waals surface area (Å²) in [5.74, 6) is -20.0. The molecule has 0 fully saturated rings. The fourth-order valence-corrected chi connectivity index (χ4v) is 2.07. The molecule has 0 bridgehead atoms. The summed E-state index contributed by atoms with van der Waals surface area (Å²) in [4.78, 5) is 2.31. The van der Waals surface area contributed by atoms with Crippen LogP contribution in [0.5, 0.6) is 0 Å². The number of aliphatic hydroxyl groups is 1. The molecule has 2 nitrogen and oxygen atoms in total. The largest absolute Gasteiger partial charge is 0.460 e. The second-order valence-corrected chi connectivity index (χ2v) is 4.96. The monoisotopic (exact) mass is 365 g/mol. The number of aliphatic hydroxyl groups excluding tert-OH is 1. The molecule has 2 aromatic rings. The van der Waals surface area contributed by atoms with Gasteiger partial charge in [0.25, 0.3) is 0 Å². The number of alkyl halides is 9. The number of nitrogens with one attached hydrogen (secondary N) is 1. The van der Waals surface area contributed by atoms with Crippen molar-refractivity contribution in [2.24, 2.45) is 0 Å². The van der Waals surface area contributed by atoms with E-state index in [1.165, 1.54) is 18.2 Å². The highest BCUT2D eigenvalue weighted by Crippen LogP contribution is 2.56. The van der Waals surface area contributed by atoms with E-state index in [1.807, 2.05) is 0 Å². The fourth-order valence-electron chi connectivity index (χ4n) is 2.07. The number of para-hydroxylation sites is 1. The Bertz CT molecular complexity index is 734. The molecule has 0 saturated heterocycles. The summed E-state index contributed by atoms with van der Waals surface area (Å²) < 4.78 is 116. The topological polar surface area (TPSA) is 36.0 Å². The van der Waals surface area contributed by atoms with Crippen LogP contribution in [-0.4, -0.2) is 34.0 Å². The molecular weight excluding hydrogens is 357 g/mol. The first-order valence-electron chi connectivity index (χ1n) is 6.19. The van der Waals surface area contributed by atoms with Crippen molar-refractivity contribution in [1.29, 1.82) is 0 Å². The summed E-state index contributed by atoms with van der Waals surface area (Å²) in [7, 11) is 0. The average Bonchev–Trinajstić information content (AvgIpc) is 2.88. The quantitative estimate of drug-likeness (QED) is 0.759. The highest BCUT2D eigenvalue weighted by atomic mass is 19.4. The Morgan fingerprint density at radius 1 is 0.833 bits per heavy atom. The van der Waals surface area contributed by atoms with Crippen LogP contribution in [0.2, 0.25) is 0 Å². The smallest absolute Gasteiger partial charge is 0.382 e. The Kier molecular flexibility index (Phi) is 4.07. The van der Waals surface area contributed by atoms with Gasteiger partial charge in [0.05, 0.1) is 0 Å². The second-order valence-electron chi connectivity index (χ2n) is 4.96. The molecule has 24 heavy (non-hydrogen) atoms. The number of H-pyrrole nitrogens is 1. The number of rotatable bonds is 4. The van der Waals surface area contributed by atoms with Crippen molar-refractivity contribution >= 4 is 10.9 Å². The number of hydrogen-bond acceptors (Lipinski definition) is 1. The maximum Gasteiger partial charge on any atom is 0.460 e. The van der Waals surface area contributed by atoms with Gasteiger partial charge >= 0.3 is 23.9 Å². The lowest BCUT2D eigenvalue weighted by Gasteiger charge is -2.35. The molecule has 0 radical (unpaired) electrons. The van der Waals surface area contributed by atoms with Gasteiger partial charge < -0.3 is 10.1 Å². The van der Waals surface area contributed by atoms with Gasteiger partial charge in [-0.3, -0.25) is 0 Å². The van der Waals surface area contributed by atoms with Crippen LogP contribution >= 0.6 is 0 Å². The van der Waals surface area contributed by atoms with E-state index in [2.05, 4.69) is 4.98 Å². The summed E-state index contributed by atoms with van der Waals surface area (Å²) in [6, 6.07) is 5.08. The Morgan fingerprint density at radius 2 is 1.38 bits per heavy atom. The molecule has 0 spiro atoms. The molecule has 0 saturated carbocycles. The van der Waals surface area contributed by atoms with E-state index in [0.29, 0.717) is 6.20 Å². The van der Waals surface area contributed by atoms with Crippen LogP contribution in [0.25, 0.3) is 10.9 Å². The van der Waals surface area contributed by atoms with Crippen molar-refractivity contribution in [2.45, 2.75) is 30.0 Å². The Morgan fingerprint density at radius 3 is 1.92 bits per heavy atom. The van der Waals surface area contributed by atoms with Crippen LogP contribution in [-0.2, 0) is 0 Å². The molecule has 1 atom stereocenters. The minimum atomic E-state index is -7.05. The van der Waals surface area contributed by atoms with Crippen molar-refractivity contribution in [1.82, 2.24) is 4.98 Å². The third-order valence-electron chi connectivity index (χ3n) is 3.43. The van der Waals surface area contributed by atoms with Crippen molar-refractivity contribution in [3.8, 4) is 0 Å². The van der Waals surface area contributed by atoms with Gasteiger partial charge in [-0.2, -0.15) is 39.5 Å². The van der Waals surface area contributed by atoms with Gasteiger partial charge in [-0.05, 0) is 6.07 Å². The van der Waals surface area contributed by atoms with Crippen molar-refractivity contribution in [2.75, 3.05) is 0 Å². The predicted octanol–water partition coefficient (Wildman–Crippen LogP) is 4.67. The number of benzene rings is 1. The normalized spacial score (nSPS) is 15.8.